The van der Waals surface area contributed by atoms with Gasteiger partial charge in [0.2, 0.25) is 0 Å². The van der Waals surface area contributed by atoms with Gasteiger partial charge in [0.15, 0.2) is 0 Å². The number of hydrogen-bond acceptors (Lipinski definition) is 12. The van der Waals surface area contributed by atoms with E-state index in [4.69, 9.17) is 39.8 Å². The first-order chi connectivity index (χ1) is 21.6. The van der Waals surface area contributed by atoms with Gasteiger partial charge in [0.25, 0.3) is 0 Å². The fourth-order valence-electron chi connectivity index (χ4n) is 5.01. The molecule has 0 radical (unpaired) electrons. The largest absolute Gasteiger partial charge is 0.502 e. The Morgan fingerprint density at radius 3 is 0.644 bits per heavy atom. The van der Waals surface area contributed by atoms with E-state index in [0.29, 0.717) is 59.5 Å². The summed E-state index contributed by atoms with van der Waals surface area (Å²) in [6.45, 7) is 19.2. The van der Waals surface area contributed by atoms with Gasteiger partial charge in [0.1, 0.15) is 0 Å². The summed E-state index contributed by atoms with van der Waals surface area (Å²) in [5, 5.41) is 0. The van der Waals surface area contributed by atoms with E-state index in [-0.39, 0.29) is 37.8 Å². The molecule has 18 heteroatoms. The molecule has 0 bridgehead atoms. The van der Waals surface area contributed by atoms with Crippen molar-refractivity contribution in [3.63, 3.8) is 0 Å². The predicted octanol–water partition coefficient (Wildman–Crippen LogP) is 2.32. The zero-order chi connectivity index (χ0) is 33.9. The van der Waals surface area contributed by atoms with E-state index in [0.717, 1.165) is 13.7 Å². The van der Waals surface area contributed by atoms with Crippen molar-refractivity contribution in [2.45, 2.75) is 100 Å². The molecular weight excluding hydrogens is 643 g/mol. The van der Waals surface area contributed by atoms with Gasteiger partial charge >= 0.3 is 43.5 Å². The molecular formula is C27H57N3O12Si3. The summed E-state index contributed by atoms with van der Waals surface area (Å²) in [4.78, 5) is 41.7. The maximum Gasteiger partial charge on any atom is 0.502 e. The Labute approximate surface area is 270 Å². The molecule has 0 saturated carbocycles. The highest BCUT2D eigenvalue weighted by atomic mass is 28.4. The van der Waals surface area contributed by atoms with Crippen molar-refractivity contribution in [1.82, 2.24) is 13.7 Å². The summed E-state index contributed by atoms with van der Waals surface area (Å²) in [5.74, 6) is 0. The fourth-order valence-corrected chi connectivity index (χ4v) is 12.5. The molecule has 1 aromatic heterocycles. The highest BCUT2D eigenvalue weighted by molar-refractivity contribution is 6.61. The van der Waals surface area contributed by atoms with Gasteiger partial charge in [-0.15, -0.1) is 0 Å². The maximum absolute atomic E-state index is 13.9. The standard InChI is InChI=1S/C27H57N3O12Si3/c1-10-34-43(35-11-2,36-12-3)22-19-28-25(31)29(20-23-44(37-13-4,38-14-5)39-15-6)27(33)30(26(28)32)21-24-45(40-16-7,41-17-8)42-18-9/h10-24H2,1-9H3. The summed E-state index contributed by atoms with van der Waals surface area (Å²) >= 11 is 0. The van der Waals surface area contributed by atoms with Gasteiger partial charge in [0, 0.05) is 97.2 Å². The quantitative estimate of drug-likeness (QED) is 0.124. The monoisotopic (exact) mass is 699 g/mol. The van der Waals surface area contributed by atoms with Crippen molar-refractivity contribution in [3.8, 4) is 0 Å². The van der Waals surface area contributed by atoms with Gasteiger partial charge in [-0.2, -0.15) is 0 Å². The van der Waals surface area contributed by atoms with E-state index in [9.17, 15) is 14.4 Å². The van der Waals surface area contributed by atoms with E-state index in [1.54, 1.807) is 0 Å². The predicted molar refractivity (Wildman–Crippen MR) is 176 cm³/mol. The van der Waals surface area contributed by atoms with Crippen molar-refractivity contribution >= 4 is 26.4 Å². The minimum absolute atomic E-state index is 0.0833. The Morgan fingerprint density at radius 2 is 0.511 bits per heavy atom. The summed E-state index contributed by atoms with van der Waals surface area (Å²) in [6, 6.07) is 0.461. The van der Waals surface area contributed by atoms with Crippen LogP contribution in [0.4, 0.5) is 0 Å². The smallest absolute Gasteiger partial charge is 0.374 e. The van der Waals surface area contributed by atoms with Crippen LogP contribution >= 0.6 is 0 Å². The highest BCUT2D eigenvalue weighted by Crippen LogP contribution is 2.19. The van der Waals surface area contributed by atoms with Gasteiger partial charge in [-0.05, 0) is 62.3 Å². The van der Waals surface area contributed by atoms with Gasteiger partial charge < -0.3 is 39.8 Å². The van der Waals surface area contributed by atoms with Crippen LogP contribution in [-0.2, 0) is 59.5 Å². The lowest BCUT2D eigenvalue weighted by atomic mass is 10.6. The second-order valence-electron chi connectivity index (χ2n) is 9.50. The van der Waals surface area contributed by atoms with Gasteiger partial charge in [0.05, 0.1) is 0 Å². The molecule has 264 valence electrons. The van der Waals surface area contributed by atoms with Crippen molar-refractivity contribution in [1.29, 1.82) is 0 Å². The zero-order valence-electron chi connectivity index (χ0n) is 28.8. The molecule has 0 fully saturated rings. The minimum atomic E-state index is -3.24. The number of nitrogens with zero attached hydrogens (tertiary/aromatic N) is 3. The second-order valence-corrected chi connectivity index (χ2v) is 17.7. The fraction of sp³-hybridized carbons (Fsp3) is 0.889. The van der Waals surface area contributed by atoms with Gasteiger partial charge in [-0.3, -0.25) is 0 Å². The molecule has 0 amide bonds. The van der Waals surface area contributed by atoms with Crippen LogP contribution in [0.5, 0.6) is 0 Å². The van der Waals surface area contributed by atoms with Crippen LogP contribution in [0.25, 0.3) is 0 Å². The molecule has 0 spiro atoms. The molecule has 0 aliphatic rings. The van der Waals surface area contributed by atoms with E-state index < -0.39 is 43.5 Å². The molecule has 0 N–H and O–H groups in total. The van der Waals surface area contributed by atoms with E-state index in [1.807, 2.05) is 62.3 Å². The summed E-state index contributed by atoms with van der Waals surface area (Å²) in [5.41, 5.74) is -2.28. The average Bonchev–Trinajstić information content (AvgIpc) is 2.98. The molecule has 1 aromatic rings. The van der Waals surface area contributed by atoms with Crippen LogP contribution in [0, 0.1) is 0 Å². The number of aromatic nitrogens is 3. The van der Waals surface area contributed by atoms with Crippen LogP contribution in [0.15, 0.2) is 14.4 Å². The van der Waals surface area contributed by atoms with Crippen LogP contribution in [0.1, 0.15) is 62.3 Å². The third-order valence-electron chi connectivity index (χ3n) is 6.59. The molecule has 15 nitrogen and oxygen atoms in total. The van der Waals surface area contributed by atoms with Gasteiger partial charge in [-0.25, -0.2) is 28.1 Å². The zero-order valence-corrected chi connectivity index (χ0v) is 31.8. The number of hydrogen-bond donors (Lipinski definition) is 0. The first-order valence-electron chi connectivity index (χ1n) is 16.3. The molecule has 0 unspecified atom stereocenters. The topological polar surface area (TPSA) is 149 Å². The normalized spacial score (nSPS) is 12.7. The lowest BCUT2D eigenvalue weighted by Gasteiger charge is -2.30. The van der Waals surface area contributed by atoms with E-state index in [1.165, 1.54) is 0 Å². The Hall–Kier alpha value is -1.30. The first-order valence-corrected chi connectivity index (χ1v) is 22.1. The SMILES string of the molecule is CCO[Si](CCn1c(=O)n(CC[Si](OCC)(OCC)OCC)c(=O)n(CC[Si](OCC)(OCC)OCC)c1=O)(OCC)OCC. The molecule has 0 atom stereocenters. The average molecular weight is 700 g/mol. The van der Waals surface area contributed by atoms with Crippen molar-refractivity contribution < 1.29 is 39.8 Å². The van der Waals surface area contributed by atoms with E-state index in [2.05, 4.69) is 0 Å². The summed E-state index contributed by atoms with van der Waals surface area (Å²) < 4.78 is 56.7. The van der Waals surface area contributed by atoms with Crippen LogP contribution < -0.4 is 17.1 Å². The Kier molecular flexibility index (Phi) is 20.0. The molecule has 45 heavy (non-hydrogen) atoms. The number of rotatable bonds is 27. The van der Waals surface area contributed by atoms with Crippen molar-refractivity contribution in [2.24, 2.45) is 0 Å². The van der Waals surface area contributed by atoms with Crippen molar-refractivity contribution in [2.75, 3.05) is 59.5 Å². The molecule has 0 aliphatic heterocycles. The molecule has 0 saturated heterocycles. The molecule has 1 rings (SSSR count). The lowest BCUT2D eigenvalue weighted by Crippen LogP contribution is -2.57. The Balaban J connectivity index is 3.78. The molecule has 0 aliphatic carbocycles. The summed E-state index contributed by atoms with van der Waals surface area (Å²) in [7, 11) is -9.71. The van der Waals surface area contributed by atoms with Crippen LogP contribution in [0.2, 0.25) is 18.1 Å². The van der Waals surface area contributed by atoms with Gasteiger partial charge in [-0.1, -0.05) is 0 Å². The van der Waals surface area contributed by atoms with E-state index >= 15 is 0 Å². The minimum Gasteiger partial charge on any atom is -0.374 e. The van der Waals surface area contributed by atoms with Crippen LogP contribution in [0.3, 0.4) is 0 Å². The maximum atomic E-state index is 13.9. The Morgan fingerprint density at radius 1 is 0.356 bits per heavy atom. The van der Waals surface area contributed by atoms with Crippen molar-refractivity contribution in [3.05, 3.63) is 31.5 Å². The third kappa shape index (κ3) is 12.0. The molecule has 0 aromatic carbocycles. The third-order valence-corrected chi connectivity index (χ3v) is 15.7. The Bertz CT molecular complexity index is 927. The second kappa shape index (κ2) is 21.5. The van der Waals surface area contributed by atoms with Crippen LogP contribution in [-0.4, -0.2) is 99.6 Å². The first kappa shape index (κ1) is 41.7. The summed E-state index contributed by atoms with van der Waals surface area (Å²) in [6.07, 6.45) is 0. The lowest BCUT2D eigenvalue weighted by molar-refractivity contribution is 0.0697. The highest BCUT2D eigenvalue weighted by Gasteiger charge is 2.43. The molecule has 1 heterocycles.